The van der Waals surface area contributed by atoms with Crippen LogP contribution in [0, 0.1) is 6.92 Å². The van der Waals surface area contributed by atoms with Crippen LogP contribution in [0.1, 0.15) is 16.1 Å². The van der Waals surface area contributed by atoms with Gasteiger partial charge in [0.15, 0.2) is 5.49 Å². The molecule has 0 fully saturated rings. The van der Waals surface area contributed by atoms with E-state index in [1.807, 2.05) is 53.7 Å². The molecule has 24 heavy (non-hydrogen) atoms. The van der Waals surface area contributed by atoms with Crippen LogP contribution >= 0.6 is 0 Å². The van der Waals surface area contributed by atoms with E-state index in [-0.39, 0.29) is 5.56 Å². The number of nitrogens with zero attached hydrogens (tertiary/aromatic N) is 3. The second kappa shape index (κ2) is 6.08. The number of hydrogen-bond donors (Lipinski definition) is 2. The Kier molecular flexibility index (Phi) is 3.95. The molecule has 122 valence electrons. The van der Waals surface area contributed by atoms with Gasteiger partial charge < -0.3 is 10.8 Å². The van der Waals surface area contributed by atoms with Crippen LogP contribution in [0.2, 0.25) is 0 Å². The Labute approximate surface area is 139 Å². The average Bonchev–Trinajstić information content (AvgIpc) is 2.80. The lowest BCUT2D eigenvalue weighted by molar-refractivity contribution is 0.0698. The van der Waals surface area contributed by atoms with Crippen molar-refractivity contribution in [2.75, 3.05) is 5.73 Å². The van der Waals surface area contributed by atoms with Gasteiger partial charge in [0.25, 0.3) is 0 Å². The van der Waals surface area contributed by atoms with Crippen molar-refractivity contribution in [2.24, 2.45) is 12.0 Å². The van der Waals surface area contributed by atoms with Gasteiger partial charge in [0, 0.05) is 7.05 Å². The van der Waals surface area contributed by atoms with Gasteiger partial charge in [-0.15, -0.1) is 0 Å². The van der Waals surface area contributed by atoms with Gasteiger partial charge in [-0.1, -0.05) is 30.3 Å². The fraction of sp³-hybridized carbons (Fsp3) is 0.111. The Balaban J connectivity index is 2.34. The summed E-state index contributed by atoms with van der Waals surface area (Å²) in [6.45, 7) is 1.90. The molecule has 6 nitrogen and oxygen atoms in total. The molecule has 3 aromatic rings. The fourth-order valence-electron chi connectivity index (χ4n) is 2.58. The monoisotopic (exact) mass is 322 g/mol. The van der Waals surface area contributed by atoms with E-state index >= 15 is 0 Å². The summed E-state index contributed by atoms with van der Waals surface area (Å²) < 4.78 is 3.76. The van der Waals surface area contributed by atoms with Crippen molar-refractivity contribution in [3.8, 4) is 5.69 Å². The minimum Gasteiger partial charge on any atom is -0.478 e. The van der Waals surface area contributed by atoms with Crippen LogP contribution < -0.4 is 11.2 Å². The van der Waals surface area contributed by atoms with Gasteiger partial charge in [0.05, 0.1) is 28.3 Å². The molecule has 0 saturated heterocycles. The van der Waals surface area contributed by atoms with Gasteiger partial charge in [0.2, 0.25) is 0 Å². The lowest BCUT2D eigenvalue weighted by Crippen LogP contribution is -2.22. The van der Waals surface area contributed by atoms with E-state index < -0.39 is 5.97 Å². The number of carboxylic acid groups (broad SMARTS) is 1. The second-order valence-electron chi connectivity index (χ2n) is 5.43. The summed E-state index contributed by atoms with van der Waals surface area (Å²) in [4.78, 5) is 16.0. The summed E-state index contributed by atoms with van der Waals surface area (Å²) in [6.07, 6.45) is 0. The van der Waals surface area contributed by atoms with Crippen LogP contribution in [0.5, 0.6) is 0 Å². The summed E-state index contributed by atoms with van der Waals surface area (Å²) >= 11 is 0. The lowest BCUT2D eigenvalue weighted by Gasteiger charge is -2.09. The van der Waals surface area contributed by atoms with E-state index in [9.17, 15) is 9.90 Å². The van der Waals surface area contributed by atoms with Crippen molar-refractivity contribution >= 4 is 17.3 Å². The highest BCUT2D eigenvalue weighted by molar-refractivity contribution is 5.93. The fourth-order valence-corrected chi connectivity index (χ4v) is 2.58. The Morgan fingerprint density at radius 2 is 1.71 bits per heavy atom. The first kappa shape index (κ1) is 15.6. The van der Waals surface area contributed by atoms with Crippen molar-refractivity contribution in [3.63, 3.8) is 0 Å². The molecule has 3 rings (SSSR count). The predicted molar refractivity (Wildman–Crippen MR) is 92.5 cm³/mol. The first-order valence-electron chi connectivity index (χ1n) is 7.47. The predicted octanol–water partition coefficient (Wildman–Crippen LogP) is 2.64. The van der Waals surface area contributed by atoms with Gasteiger partial charge in [-0.05, 0) is 31.2 Å². The molecule has 0 saturated carbocycles. The summed E-state index contributed by atoms with van der Waals surface area (Å²) in [5, 5.41) is 9.36. The number of carbonyl (C=O) groups is 1. The van der Waals surface area contributed by atoms with Gasteiger partial charge in [-0.2, -0.15) is 0 Å². The van der Waals surface area contributed by atoms with Crippen LogP contribution in [-0.2, 0) is 7.05 Å². The quantitative estimate of drug-likeness (QED) is 0.777. The number of carboxylic acids is 1. The molecular weight excluding hydrogens is 304 g/mol. The number of rotatable bonds is 3. The third-order valence-electron chi connectivity index (χ3n) is 3.98. The standard InChI is InChI=1S/C18H18N4O2/c1-12-16(19)17(20-15-11-7-6-10-14(15)18(23)24)22(21(12)2)13-8-4-3-5-9-13/h3-11H,19H2,1-2H3,(H,23,24). The van der Waals surface area contributed by atoms with Crippen molar-refractivity contribution < 1.29 is 9.90 Å². The normalized spacial score (nSPS) is 11.7. The molecule has 3 N–H and O–H groups in total. The zero-order valence-electron chi connectivity index (χ0n) is 13.5. The van der Waals surface area contributed by atoms with Crippen molar-refractivity contribution in [2.45, 2.75) is 6.92 Å². The maximum absolute atomic E-state index is 11.4. The molecule has 0 radical (unpaired) electrons. The number of para-hydroxylation sites is 2. The molecule has 6 heteroatoms. The highest BCUT2D eigenvalue weighted by Crippen LogP contribution is 2.19. The minimum absolute atomic E-state index is 0.137. The van der Waals surface area contributed by atoms with Gasteiger partial charge >= 0.3 is 5.97 Å². The molecule has 1 heterocycles. The summed E-state index contributed by atoms with van der Waals surface area (Å²) in [7, 11) is 1.89. The van der Waals surface area contributed by atoms with Crippen molar-refractivity contribution in [3.05, 3.63) is 71.3 Å². The lowest BCUT2D eigenvalue weighted by atomic mass is 10.2. The van der Waals surface area contributed by atoms with Crippen molar-refractivity contribution in [1.82, 2.24) is 9.36 Å². The molecule has 0 amide bonds. The van der Waals surface area contributed by atoms with E-state index in [1.54, 1.807) is 18.2 Å². The largest absolute Gasteiger partial charge is 0.478 e. The Hall–Kier alpha value is -3.28. The topological polar surface area (TPSA) is 85.5 Å². The Bertz CT molecular complexity index is 968. The van der Waals surface area contributed by atoms with E-state index in [0.717, 1.165) is 11.4 Å². The SMILES string of the molecule is Cc1c(N)c(=Nc2ccccc2C(=O)O)n(-c2ccccc2)n1C. The molecular formula is C18H18N4O2. The molecule has 1 aromatic heterocycles. The number of nitrogens with two attached hydrogens (primary N) is 1. The number of anilines is 1. The molecule has 0 bridgehead atoms. The van der Waals surface area contributed by atoms with Crippen LogP contribution in [0.3, 0.4) is 0 Å². The van der Waals surface area contributed by atoms with E-state index in [1.165, 1.54) is 6.07 Å². The first-order chi connectivity index (χ1) is 11.5. The highest BCUT2D eigenvalue weighted by Gasteiger charge is 2.14. The molecule has 0 aliphatic rings. The molecule has 2 aromatic carbocycles. The van der Waals surface area contributed by atoms with E-state index in [2.05, 4.69) is 4.99 Å². The highest BCUT2D eigenvalue weighted by atomic mass is 16.4. The number of benzene rings is 2. The first-order valence-corrected chi connectivity index (χ1v) is 7.47. The molecule has 0 aliphatic heterocycles. The zero-order chi connectivity index (χ0) is 17.3. The summed E-state index contributed by atoms with van der Waals surface area (Å²) in [6, 6.07) is 16.3. The number of hydrogen-bond acceptors (Lipinski definition) is 3. The third-order valence-corrected chi connectivity index (χ3v) is 3.98. The second-order valence-corrected chi connectivity index (χ2v) is 5.43. The van der Waals surface area contributed by atoms with Crippen molar-refractivity contribution in [1.29, 1.82) is 0 Å². The summed E-state index contributed by atoms with van der Waals surface area (Å²) in [5.74, 6) is -1.02. The number of nitrogen functional groups attached to an aromatic ring is 1. The van der Waals surface area contributed by atoms with Crippen LogP contribution in [0.15, 0.2) is 59.6 Å². The smallest absolute Gasteiger partial charge is 0.337 e. The van der Waals surface area contributed by atoms with E-state index in [0.29, 0.717) is 16.9 Å². The van der Waals surface area contributed by atoms with Crippen LogP contribution in [0.25, 0.3) is 5.69 Å². The minimum atomic E-state index is -1.02. The van der Waals surface area contributed by atoms with Crippen LogP contribution in [0.4, 0.5) is 11.4 Å². The summed E-state index contributed by atoms with van der Waals surface area (Å²) in [5.41, 5.74) is 9.51. The maximum atomic E-state index is 11.4. The van der Waals surface area contributed by atoms with Gasteiger partial charge in [-0.25, -0.2) is 14.5 Å². The average molecular weight is 322 g/mol. The third kappa shape index (κ3) is 2.58. The van der Waals surface area contributed by atoms with Gasteiger partial charge in [-0.3, -0.25) is 4.68 Å². The molecule has 0 atom stereocenters. The molecule has 0 spiro atoms. The zero-order valence-corrected chi connectivity index (χ0v) is 13.5. The Morgan fingerprint density at radius 3 is 2.38 bits per heavy atom. The molecule has 0 unspecified atom stereocenters. The Morgan fingerprint density at radius 1 is 1.08 bits per heavy atom. The van der Waals surface area contributed by atoms with Crippen LogP contribution in [-0.4, -0.2) is 20.4 Å². The van der Waals surface area contributed by atoms with Gasteiger partial charge in [0.1, 0.15) is 0 Å². The maximum Gasteiger partial charge on any atom is 0.337 e. The van der Waals surface area contributed by atoms with E-state index in [4.69, 9.17) is 5.73 Å². The number of aromatic nitrogens is 2. The molecule has 0 aliphatic carbocycles. The number of aromatic carboxylic acids is 1.